The van der Waals surface area contributed by atoms with Crippen molar-refractivity contribution in [3.8, 4) is 0 Å². The Morgan fingerprint density at radius 2 is 2.00 bits per heavy atom. The molecule has 0 spiro atoms. The zero-order valence-electron chi connectivity index (χ0n) is 17.1. The van der Waals surface area contributed by atoms with Gasteiger partial charge in [0, 0.05) is 37.8 Å². The molecular formula is C21H27N5O3S. The lowest BCUT2D eigenvalue weighted by molar-refractivity contribution is -0.134. The molecule has 3 fully saturated rings. The largest absolute Gasteiger partial charge is 0.431 e. The summed E-state index contributed by atoms with van der Waals surface area (Å²) in [6.07, 6.45) is 6.14. The molecule has 9 heteroatoms. The normalized spacial score (nSPS) is 27.7. The van der Waals surface area contributed by atoms with Crippen molar-refractivity contribution in [2.75, 3.05) is 32.4 Å². The number of oxazole rings is 1. The van der Waals surface area contributed by atoms with Gasteiger partial charge in [-0.05, 0) is 37.3 Å². The summed E-state index contributed by atoms with van der Waals surface area (Å²) in [4.78, 5) is 34.0. The van der Waals surface area contributed by atoms with Gasteiger partial charge in [-0.25, -0.2) is 4.98 Å². The molecule has 0 bridgehead atoms. The highest BCUT2D eigenvalue weighted by Crippen LogP contribution is 2.28. The SMILES string of the molecule is CSc1nc2ccc(C(=O)N3CCN(C4NC(=O)C5CCCCC5N4)CC3)cc2o1. The van der Waals surface area contributed by atoms with Crippen LogP contribution in [0.5, 0.6) is 0 Å². The summed E-state index contributed by atoms with van der Waals surface area (Å²) < 4.78 is 5.67. The third-order valence-electron chi connectivity index (χ3n) is 6.51. The van der Waals surface area contributed by atoms with Crippen LogP contribution in [-0.2, 0) is 4.79 Å². The molecule has 2 aliphatic heterocycles. The molecule has 1 saturated carbocycles. The minimum atomic E-state index is -0.135. The zero-order valence-corrected chi connectivity index (χ0v) is 17.9. The number of nitrogens with one attached hydrogen (secondary N) is 2. The van der Waals surface area contributed by atoms with E-state index in [9.17, 15) is 9.59 Å². The standard InChI is InChI=1S/C21H27N5O3S/c1-30-21-23-16-7-6-13(12-17(16)29-21)19(28)25-8-10-26(11-9-25)20-22-15-5-3-2-4-14(15)18(27)24-20/h6-7,12,14-15,20,22H,2-5,8-11H2,1H3,(H,24,27). The van der Waals surface area contributed by atoms with Gasteiger partial charge >= 0.3 is 0 Å². The summed E-state index contributed by atoms with van der Waals surface area (Å²) in [5, 5.41) is 7.37. The average Bonchev–Trinajstić information content (AvgIpc) is 3.21. The van der Waals surface area contributed by atoms with E-state index in [-0.39, 0.29) is 30.1 Å². The smallest absolute Gasteiger partial charge is 0.256 e. The van der Waals surface area contributed by atoms with Crippen LogP contribution in [0.15, 0.2) is 27.8 Å². The number of nitrogens with zero attached hydrogens (tertiary/aromatic N) is 3. The maximum atomic E-state index is 13.0. The Kier molecular flexibility index (Phi) is 5.43. The second-order valence-corrected chi connectivity index (χ2v) is 9.03. The molecule has 2 amide bonds. The quantitative estimate of drug-likeness (QED) is 0.720. The summed E-state index contributed by atoms with van der Waals surface area (Å²) in [5.74, 6) is 0.286. The van der Waals surface area contributed by atoms with Gasteiger partial charge in [0.2, 0.25) is 5.91 Å². The third-order valence-corrected chi connectivity index (χ3v) is 7.03. The van der Waals surface area contributed by atoms with E-state index in [4.69, 9.17) is 4.42 Å². The van der Waals surface area contributed by atoms with E-state index >= 15 is 0 Å². The molecule has 2 saturated heterocycles. The van der Waals surface area contributed by atoms with Gasteiger partial charge in [-0.2, -0.15) is 0 Å². The van der Waals surface area contributed by atoms with Crippen molar-refractivity contribution >= 4 is 34.7 Å². The van der Waals surface area contributed by atoms with Crippen molar-refractivity contribution in [1.82, 2.24) is 25.4 Å². The second kappa shape index (κ2) is 8.20. The summed E-state index contributed by atoms with van der Waals surface area (Å²) in [6, 6.07) is 5.71. The molecule has 3 aliphatic rings. The predicted octanol–water partition coefficient (Wildman–Crippen LogP) is 1.87. The number of aromatic nitrogens is 1. The number of carbonyl (C=O) groups is 2. The minimum absolute atomic E-state index is 0.00614. The molecule has 2 N–H and O–H groups in total. The molecule has 3 heterocycles. The van der Waals surface area contributed by atoms with Crippen LogP contribution in [0.3, 0.4) is 0 Å². The van der Waals surface area contributed by atoms with Crippen molar-refractivity contribution < 1.29 is 14.0 Å². The molecular weight excluding hydrogens is 402 g/mol. The highest BCUT2D eigenvalue weighted by molar-refractivity contribution is 7.98. The van der Waals surface area contributed by atoms with Crippen LogP contribution in [-0.4, -0.2) is 71.4 Å². The van der Waals surface area contributed by atoms with Crippen LogP contribution in [0.4, 0.5) is 0 Å². The van der Waals surface area contributed by atoms with E-state index in [1.807, 2.05) is 23.3 Å². The van der Waals surface area contributed by atoms with E-state index in [1.165, 1.54) is 18.2 Å². The predicted molar refractivity (Wildman–Crippen MR) is 114 cm³/mol. The number of amides is 2. The van der Waals surface area contributed by atoms with Gasteiger partial charge in [0.25, 0.3) is 11.1 Å². The summed E-state index contributed by atoms with van der Waals surface area (Å²) in [6.45, 7) is 2.71. The second-order valence-electron chi connectivity index (χ2n) is 8.27. The monoisotopic (exact) mass is 429 g/mol. The number of thioether (sulfide) groups is 1. The van der Waals surface area contributed by atoms with Gasteiger partial charge in [0.1, 0.15) is 11.8 Å². The maximum Gasteiger partial charge on any atom is 0.256 e. The van der Waals surface area contributed by atoms with Gasteiger partial charge in [-0.15, -0.1) is 0 Å². The molecule has 1 aromatic heterocycles. The molecule has 30 heavy (non-hydrogen) atoms. The number of carbonyl (C=O) groups excluding carboxylic acids is 2. The van der Waals surface area contributed by atoms with Crippen LogP contribution >= 0.6 is 11.8 Å². The number of piperazine rings is 1. The molecule has 3 unspecified atom stereocenters. The lowest BCUT2D eigenvalue weighted by atomic mass is 9.82. The van der Waals surface area contributed by atoms with E-state index in [0.29, 0.717) is 29.5 Å². The molecule has 160 valence electrons. The van der Waals surface area contributed by atoms with E-state index in [1.54, 1.807) is 6.07 Å². The highest BCUT2D eigenvalue weighted by atomic mass is 32.2. The Hall–Kier alpha value is -2.10. The lowest BCUT2D eigenvalue weighted by Crippen LogP contribution is -2.69. The number of benzene rings is 1. The Balaban J connectivity index is 1.21. The van der Waals surface area contributed by atoms with Crippen molar-refractivity contribution in [2.24, 2.45) is 5.92 Å². The first kappa shape index (κ1) is 19.8. The summed E-state index contributed by atoms with van der Waals surface area (Å²) in [7, 11) is 0. The summed E-state index contributed by atoms with van der Waals surface area (Å²) >= 11 is 1.44. The van der Waals surface area contributed by atoms with Crippen LogP contribution in [0, 0.1) is 5.92 Å². The van der Waals surface area contributed by atoms with Gasteiger partial charge in [-0.3, -0.25) is 19.8 Å². The number of hydrogen-bond acceptors (Lipinski definition) is 7. The Morgan fingerprint density at radius 3 is 2.80 bits per heavy atom. The maximum absolute atomic E-state index is 13.0. The molecule has 5 rings (SSSR count). The highest BCUT2D eigenvalue weighted by Gasteiger charge is 2.40. The van der Waals surface area contributed by atoms with E-state index in [2.05, 4.69) is 20.5 Å². The van der Waals surface area contributed by atoms with Crippen LogP contribution < -0.4 is 10.6 Å². The molecule has 3 atom stereocenters. The average molecular weight is 430 g/mol. The first-order chi connectivity index (χ1) is 14.6. The third kappa shape index (κ3) is 3.70. The van der Waals surface area contributed by atoms with Crippen LogP contribution in [0.2, 0.25) is 0 Å². The Morgan fingerprint density at radius 1 is 1.20 bits per heavy atom. The molecule has 8 nitrogen and oxygen atoms in total. The zero-order chi connectivity index (χ0) is 20.7. The van der Waals surface area contributed by atoms with Gasteiger partial charge in [0.05, 0.1) is 5.92 Å². The molecule has 2 aromatic rings. The van der Waals surface area contributed by atoms with E-state index in [0.717, 1.165) is 37.9 Å². The summed E-state index contributed by atoms with van der Waals surface area (Å²) in [5.41, 5.74) is 2.02. The van der Waals surface area contributed by atoms with Crippen LogP contribution in [0.1, 0.15) is 36.0 Å². The fraction of sp³-hybridized carbons (Fsp3) is 0.571. The lowest BCUT2D eigenvalue weighted by Gasteiger charge is -2.46. The number of hydrogen-bond donors (Lipinski definition) is 2. The van der Waals surface area contributed by atoms with E-state index < -0.39 is 0 Å². The number of fused-ring (bicyclic) bond motifs is 2. The molecule has 1 aromatic carbocycles. The van der Waals surface area contributed by atoms with Gasteiger partial charge < -0.3 is 14.6 Å². The van der Waals surface area contributed by atoms with Gasteiger partial charge in [0.15, 0.2) is 5.58 Å². The van der Waals surface area contributed by atoms with Crippen molar-refractivity contribution in [2.45, 2.75) is 43.2 Å². The molecule has 1 aliphatic carbocycles. The van der Waals surface area contributed by atoms with Gasteiger partial charge in [-0.1, -0.05) is 24.6 Å². The fourth-order valence-corrected chi connectivity index (χ4v) is 5.18. The molecule has 0 radical (unpaired) electrons. The Labute approximate surface area is 179 Å². The van der Waals surface area contributed by atoms with Crippen molar-refractivity contribution in [1.29, 1.82) is 0 Å². The first-order valence-electron chi connectivity index (χ1n) is 10.7. The van der Waals surface area contributed by atoms with Crippen LogP contribution in [0.25, 0.3) is 11.1 Å². The van der Waals surface area contributed by atoms with Crippen molar-refractivity contribution in [3.63, 3.8) is 0 Å². The van der Waals surface area contributed by atoms with Crippen molar-refractivity contribution in [3.05, 3.63) is 23.8 Å². The first-order valence-corrected chi connectivity index (χ1v) is 11.9. The fourth-order valence-electron chi connectivity index (χ4n) is 4.82. The number of rotatable bonds is 3. The topological polar surface area (TPSA) is 90.7 Å². The Bertz CT molecular complexity index is 955. The minimum Gasteiger partial charge on any atom is -0.431 e.